The molecule has 0 unspecified atom stereocenters. The molecule has 1 saturated heterocycles. The van der Waals surface area contributed by atoms with E-state index >= 15 is 0 Å². The normalized spacial score (nSPS) is 25.5. The van der Waals surface area contributed by atoms with Crippen molar-refractivity contribution in [3.05, 3.63) is 29.3 Å². The molecule has 2 atom stereocenters. The number of ketones is 1. The molecule has 1 aromatic carbocycles. The first-order valence-corrected chi connectivity index (χ1v) is 8.31. The Morgan fingerprint density at radius 1 is 1.32 bits per heavy atom. The second-order valence-corrected chi connectivity index (χ2v) is 7.96. The molecular weight excluding hydrogens is 274 g/mol. The monoisotopic (exact) mass is 301 g/mol. The molecule has 2 heterocycles. The highest BCUT2D eigenvalue weighted by atomic mass is 16.5. The Hall–Kier alpha value is -1.35. The quantitative estimate of drug-likeness (QED) is 0.835. The zero-order valence-electron chi connectivity index (χ0n) is 14.2. The molecule has 3 heteroatoms. The molecule has 0 amide bonds. The fraction of sp³-hybridized carbons (Fsp3) is 0.632. The smallest absolute Gasteiger partial charge is 0.139 e. The summed E-state index contributed by atoms with van der Waals surface area (Å²) in [7, 11) is 1.70. The van der Waals surface area contributed by atoms with Gasteiger partial charge >= 0.3 is 0 Å². The van der Waals surface area contributed by atoms with Crippen LogP contribution in [0.2, 0.25) is 0 Å². The van der Waals surface area contributed by atoms with Gasteiger partial charge in [-0.15, -0.1) is 0 Å². The Balaban J connectivity index is 1.83. The summed E-state index contributed by atoms with van der Waals surface area (Å²) in [6, 6.07) is 6.57. The largest absolute Gasteiger partial charge is 0.497 e. The van der Waals surface area contributed by atoms with Crippen LogP contribution in [0.3, 0.4) is 0 Å². The molecule has 120 valence electrons. The number of ether oxygens (including phenoxy) is 1. The molecule has 1 fully saturated rings. The molecule has 0 aromatic heterocycles. The first kappa shape index (κ1) is 15.5. The van der Waals surface area contributed by atoms with Crippen LogP contribution in [0, 0.1) is 11.3 Å². The average Bonchev–Trinajstić information content (AvgIpc) is 2.46. The molecule has 0 aliphatic carbocycles. The standard InChI is InChI=1S/C19H27NO2/c1-19(2,3)11-14-12-20-8-7-13-5-6-15(22-4)9-16(13)17(20)10-18(14)21/h5-6,9,14,17H,7-8,10-12H2,1-4H3/t14-,17-/m1/s1. The number of hydrogen-bond donors (Lipinski definition) is 0. The molecule has 2 aliphatic heterocycles. The summed E-state index contributed by atoms with van der Waals surface area (Å²) < 4.78 is 5.37. The number of piperidine rings is 1. The Morgan fingerprint density at radius 2 is 2.09 bits per heavy atom. The van der Waals surface area contributed by atoms with Crippen LogP contribution in [0.5, 0.6) is 5.75 Å². The molecule has 0 spiro atoms. The summed E-state index contributed by atoms with van der Waals surface area (Å²) in [4.78, 5) is 15.1. The zero-order valence-corrected chi connectivity index (χ0v) is 14.2. The van der Waals surface area contributed by atoms with Crippen LogP contribution >= 0.6 is 0 Å². The van der Waals surface area contributed by atoms with Gasteiger partial charge in [-0.3, -0.25) is 9.69 Å². The summed E-state index contributed by atoms with van der Waals surface area (Å²) >= 11 is 0. The van der Waals surface area contributed by atoms with E-state index in [9.17, 15) is 4.79 Å². The van der Waals surface area contributed by atoms with Gasteiger partial charge in [0.2, 0.25) is 0 Å². The van der Waals surface area contributed by atoms with E-state index in [1.54, 1.807) is 7.11 Å². The fourth-order valence-electron chi connectivity index (χ4n) is 3.97. The van der Waals surface area contributed by atoms with Crippen LogP contribution in [0.1, 0.15) is 50.8 Å². The van der Waals surface area contributed by atoms with E-state index in [1.165, 1.54) is 11.1 Å². The van der Waals surface area contributed by atoms with Gasteiger partial charge in [-0.2, -0.15) is 0 Å². The van der Waals surface area contributed by atoms with Gasteiger partial charge in [0.25, 0.3) is 0 Å². The van der Waals surface area contributed by atoms with Crippen molar-refractivity contribution in [2.24, 2.45) is 11.3 Å². The number of rotatable bonds is 2. The van der Waals surface area contributed by atoms with Crippen LogP contribution in [0.25, 0.3) is 0 Å². The number of hydrogen-bond acceptors (Lipinski definition) is 3. The predicted octanol–water partition coefficient (Wildman–Crippen LogP) is 3.62. The fourth-order valence-corrected chi connectivity index (χ4v) is 3.97. The minimum absolute atomic E-state index is 0.198. The third kappa shape index (κ3) is 3.05. The first-order valence-electron chi connectivity index (χ1n) is 8.31. The minimum atomic E-state index is 0.198. The van der Waals surface area contributed by atoms with Crippen molar-refractivity contribution in [3.63, 3.8) is 0 Å². The Labute approximate surface area is 133 Å². The molecule has 3 rings (SSSR count). The molecule has 22 heavy (non-hydrogen) atoms. The molecule has 0 saturated carbocycles. The maximum atomic E-state index is 12.6. The van der Waals surface area contributed by atoms with E-state index in [1.807, 2.05) is 6.07 Å². The number of nitrogens with zero attached hydrogens (tertiary/aromatic N) is 1. The molecule has 3 nitrogen and oxygen atoms in total. The van der Waals surface area contributed by atoms with E-state index in [0.29, 0.717) is 12.2 Å². The van der Waals surface area contributed by atoms with E-state index in [0.717, 1.165) is 31.7 Å². The Morgan fingerprint density at radius 3 is 2.77 bits per heavy atom. The molecule has 0 bridgehead atoms. The lowest BCUT2D eigenvalue weighted by molar-refractivity contribution is -0.130. The average molecular weight is 301 g/mol. The highest BCUT2D eigenvalue weighted by Gasteiger charge is 2.39. The van der Waals surface area contributed by atoms with Crippen LogP contribution in [0.4, 0.5) is 0 Å². The van der Waals surface area contributed by atoms with Gasteiger partial charge in [0.1, 0.15) is 11.5 Å². The topological polar surface area (TPSA) is 29.5 Å². The van der Waals surface area contributed by atoms with Crippen LogP contribution in [-0.2, 0) is 11.2 Å². The van der Waals surface area contributed by atoms with Crippen molar-refractivity contribution in [1.82, 2.24) is 4.90 Å². The maximum Gasteiger partial charge on any atom is 0.139 e. The summed E-state index contributed by atoms with van der Waals surface area (Å²) in [6.45, 7) is 8.66. The number of Topliss-reactive ketones (excluding diaryl/α,β-unsaturated/α-hetero) is 1. The SMILES string of the molecule is COc1ccc2c(c1)[C@H]1CC(=O)[C@H](CC(C)(C)C)CN1CC2. The van der Waals surface area contributed by atoms with Gasteiger partial charge in [-0.25, -0.2) is 0 Å². The Bertz CT molecular complexity index is 573. The number of carbonyl (C=O) groups excluding carboxylic acids is 1. The van der Waals surface area contributed by atoms with E-state index in [-0.39, 0.29) is 17.4 Å². The van der Waals surface area contributed by atoms with E-state index in [4.69, 9.17) is 4.74 Å². The Kier molecular flexibility index (Phi) is 4.02. The van der Waals surface area contributed by atoms with E-state index < -0.39 is 0 Å². The molecule has 1 aromatic rings. The van der Waals surface area contributed by atoms with Crippen molar-refractivity contribution in [2.75, 3.05) is 20.2 Å². The van der Waals surface area contributed by atoms with Crippen molar-refractivity contribution >= 4 is 5.78 Å². The van der Waals surface area contributed by atoms with Gasteiger partial charge in [0.05, 0.1) is 7.11 Å². The van der Waals surface area contributed by atoms with Crippen molar-refractivity contribution < 1.29 is 9.53 Å². The second kappa shape index (κ2) is 5.69. The summed E-state index contributed by atoms with van der Waals surface area (Å²) in [5.74, 6) is 1.53. The third-order valence-corrected chi connectivity index (χ3v) is 4.98. The first-order chi connectivity index (χ1) is 10.4. The van der Waals surface area contributed by atoms with Crippen LogP contribution in [0.15, 0.2) is 18.2 Å². The van der Waals surface area contributed by atoms with Gasteiger partial charge in [-0.05, 0) is 41.5 Å². The van der Waals surface area contributed by atoms with Gasteiger partial charge < -0.3 is 4.74 Å². The van der Waals surface area contributed by atoms with Crippen LogP contribution in [-0.4, -0.2) is 30.9 Å². The lowest BCUT2D eigenvalue weighted by Crippen LogP contribution is -2.47. The van der Waals surface area contributed by atoms with Crippen molar-refractivity contribution in [2.45, 2.75) is 46.1 Å². The summed E-state index contributed by atoms with van der Waals surface area (Å²) in [5, 5.41) is 0. The lowest BCUT2D eigenvalue weighted by atomic mass is 9.76. The zero-order chi connectivity index (χ0) is 15.9. The molecule has 2 aliphatic rings. The summed E-state index contributed by atoms with van der Waals surface area (Å²) in [6.07, 6.45) is 2.72. The third-order valence-electron chi connectivity index (χ3n) is 4.98. The second-order valence-electron chi connectivity index (χ2n) is 7.96. The molecule has 0 N–H and O–H groups in total. The summed E-state index contributed by atoms with van der Waals surface area (Å²) in [5.41, 5.74) is 2.89. The molecular formula is C19H27NO2. The number of fused-ring (bicyclic) bond motifs is 3. The number of methoxy groups -OCH3 is 1. The number of benzene rings is 1. The number of carbonyl (C=O) groups is 1. The van der Waals surface area contributed by atoms with Gasteiger partial charge in [-0.1, -0.05) is 26.8 Å². The lowest BCUT2D eigenvalue weighted by Gasteiger charge is -2.44. The highest BCUT2D eigenvalue weighted by molar-refractivity contribution is 5.83. The minimum Gasteiger partial charge on any atom is -0.497 e. The highest BCUT2D eigenvalue weighted by Crippen LogP contribution is 2.40. The van der Waals surface area contributed by atoms with E-state index in [2.05, 4.69) is 37.8 Å². The predicted molar refractivity (Wildman–Crippen MR) is 88.2 cm³/mol. The van der Waals surface area contributed by atoms with Crippen LogP contribution < -0.4 is 4.74 Å². The van der Waals surface area contributed by atoms with Crippen molar-refractivity contribution in [3.8, 4) is 5.75 Å². The van der Waals surface area contributed by atoms with Gasteiger partial charge in [0, 0.05) is 31.5 Å². The van der Waals surface area contributed by atoms with Gasteiger partial charge in [0.15, 0.2) is 0 Å². The molecule has 0 radical (unpaired) electrons. The maximum absolute atomic E-state index is 12.6. The van der Waals surface area contributed by atoms with Crippen molar-refractivity contribution in [1.29, 1.82) is 0 Å².